The van der Waals surface area contributed by atoms with E-state index in [1.165, 1.54) is 5.69 Å². The number of carbonyl (C=O) groups is 1. The quantitative estimate of drug-likeness (QED) is 0.447. The number of hydrogen-bond donors (Lipinski definition) is 0. The lowest BCUT2D eigenvalue weighted by atomic mass is 10.0. The summed E-state index contributed by atoms with van der Waals surface area (Å²) in [5, 5.41) is 10.6. The van der Waals surface area contributed by atoms with Gasteiger partial charge in [0.2, 0.25) is 0 Å². The van der Waals surface area contributed by atoms with Crippen molar-refractivity contribution in [3.8, 4) is 6.07 Å². The minimum Gasteiger partial charge on any atom is -0.444 e. The maximum atomic E-state index is 12.4. The highest BCUT2D eigenvalue weighted by molar-refractivity contribution is 5.95. The van der Waals surface area contributed by atoms with Crippen LogP contribution in [0.4, 0.5) is 22.0 Å². The molecule has 5 heterocycles. The van der Waals surface area contributed by atoms with Crippen LogP contribution in [0.25, 0.3) is 10.9 Å². The lowest BCUT2D eigenvalue weighted by Gasteiger charge is -2.46. The van der Waals surface area contributed by atoms with E-state index in [2.05, 4.69) is 61.8 Å². The van der Waals surface area contributed by atoms with Crippen LogP contribution >= 0.6 is 0 Å². The minimum absolute atomic E-state index is 0.243. The number of piperazine rings is 2. The van der Waals surface area contributed by atoms with Gasteiger partial charge in [0.05, 0.1) is 23.0 Å². The van der Waals surface area contributed by atoms with Gasteiger partial charge in [-0.05, 0) is 70.5 Å². The first kappa shape index (κ1) is 29.0. The predicted octanol–water partition coefficient (Wildman–Crippen LogP) is 4.35. The second-order valence-electron chi connectivity index (χ2n) is 12.9. The van der Waals surface area contributed by atoms with Crippen LogP contribution in [0.5, 0.6) is 0 Å². The molecule has 0 N–H and O–H groups in total. The summed E-state index contributed by atoms with van der Waals surface area (Å²) >= 11 is 0. The van der Waals surface area contributed by atoms with Crippen molar-refractivity contribution in [2.75, 3.05) is 73.6 Å². The van der Waals surface area contributed by atoms with Crippen molar-refractivity contribution in [3.63, 3.8) is 0 Å². The Morgan fingerprint density at radius 1 is 0.930 bits per heavy atom. The molecule has 3 aromatic rings. The van der Waals surface area contributed by atoms with Crippen molar-refractivity contribution in [2.45, 2.75) is 51.8 Å². The van der Waals surface area contributed by atoms with E-state index >= 15 is 0 Å². The lowest BCUT2D eigenvalue weighted by Crippen LogP contribution is -2.58. The zero-order valence-electron chi connectivity index (χ0n) is 25.7. The molecular weight excluding hydrogens is 540 g/mol. The number of fused-ring (bicyclic) bond motifs is 2. The van der Waals surface area contributed by atoms with Gasteiger partial charge in [-0.1, -0.05) is 0 Å². The number of nitrogens with zero attached hydrogens (tertiary/aromatic N) is 8. The third-order valence-corrected chi connectivity index (χ3v) is 8.87. The third kappa shape index (κ3) is 6.18. The van der Waals surface area contributed by atoms with Gasteiger partial charge in [-0.25, -0.2) is 9.78 Å². The molecule has 0 aliphatic carbocycles. The third-order valence-electron chi connectivity index (χ3n) is 8.87. The van der Waals surface area contributed by atoms with Crippen molar-refractivity contribution in [1.82, 2.24) is 19.8 Å². The number of pyridine rings is 2. The number of carbonyl (C=O) groups excluding carboxylic acids is 1. The van der Waals surface area contributed by atoms with E-state index in [4.69, 9.17) is 9.72 Å². The Labute approximate surface area is 254 Å². The zero-order chi connectivity index (χ0) is 30.1. The molecule has 10 nitrogen and oxygen atoms in total. The monoisotopic (exact) mass is 582 g/mol. The van der Waals surface area contributed by atoms with Crippen LogP contribution in [0.2, 0.25) is 0 Å². The standard InChI is InChI=1S/C33H42N8O2/c1-24-22-40(29-9-7-25(20-34)31-28(29)6-5-12-35-31)23-27-11-13-37(18-19-41(24)27)26-8-10-30(36-21-26)38-14-16-39(17-15-38)32(42)43-33(2,3)4/h5-10,12,21,24,27H,11,13-19,22-23H2,1-4H3/t24-,27+/m1/s1. The maximum Gasteiger partial charge on any atom is 0.410 e. The molecule has 0 radical (unpaired) electrons. The van der Waals surface area contributed by atoms with E-state index in [0.29, 0.717) is 30.7 Å². The Balaban J connectivity index is 1.08. The molecule has 226 valence electrons. The lowest BCUT2D eigenvalue weighted by molar-refractivity contribution is 0.0240. The van der Waals surface area contributed by atoms with Gasteiger partial charge in [0.25, 0.3) is 0 Å². The molecule has 43 heavy (non-hydrogen) atoms. The summed E-state index contributed by atoms with van der Waals surface area (Å²) in [6, 6.07) is 15.5. The van der Waals surface area contributed by atoms with Gasteiger partial charge < -0.3 is 24.3 Å². The Bertz CT molecular complexity index is 1490. The van der Waals surface area contributed by atoms with Crippen LogP contribution in [0.3, 0.4) is 0 Å². The van der Waals surface area contributed by atoms with Crippen LogP contribution < -0.4 is 14.7 Å². The van der Waals surface area contributed by atoms with Crippen LogP contribution in [-0.4, -0.2) is 102 Å². The number of anilines is 3. The number of benzene rings is 1. The van der Waals surface area contributed by atoms with Crippen molar-refractivity contribution >= 4 is 34.2 Å². The van der Waals surface area contributed by atoms with Gasteiger partial charge in [-0.2, -0.15) is 5.26 Å². The fourth-order valence-corrected chi connectivity index (χ4v) is 6.71. The first-order valence-electron chi connectivity index (χ1n) is 15.4. The Hall–Kier alpha value is -4.10. The summed E-state index contributed by atoms with van der Waals surface area (Å²) in [7, 11) is 0. The van der Waals surface area contributed by atoms with Crippen molar-refractivity contribution < 1.29 is 9.53 Å². The van der Waals surface area contributed by atoms with Gasteiger partial charge in [-0.3, -0.25) is 9.88 Å². The fourth-order valence-electron chi connectivity index (χ4n) is 6.71. The molecule has 1 amide bonds. The number of hydrogen-bond acceptors (Lipinski definition) is 9. The molecule has 2 aromatic heterocycles. The Kier molecular flexibility index (Phi) is 8.01. The topological polar surface area (TPSA) is 92.1 Å². The van der Waals surface area contributed by atoms with Crippen molar-refractivity contribution in [3.05, 3.63) is 54.4 Å². The summed E-state index contributed by atoms with van der Waals surface area (Å²) in [5.74, 6) is 0.952. The highest BCUT2D eigenvalue weighted by Crippen LogP contribution is 2.32. The van der Waals surface area contributed by atoms with Gasteiger partial charge >= 0.3 is 6.09 Å². The van der Waals surface area contributed by atoms with Crippen molar-refractivity contribution in [2.24, 2.45) is 0 Å². The van der Waals surface area contributed by atoms with Gasteiger partial charge in [-0.15, -0.1) is 0 Å². The molecule has 0 unspecified atom stereocenters. The van der Waals surface area contributed by atoms with E-state index in [9.17, 15) is 10.1 Å². The van der Waals surface area contributed by atoms with Crippen LogP contribution in [0, 0.1) is 11.3 Å². The number of aromatic nitrogens is 2. The zero-order valence-corrected chi connectivity index (χ0v) is 25.7. The highest BCUT2D eigenvalue weighted by Gasteiger charge is 2.35. The minimum atomic E-state index is -0.483. The Morgan fingerprint density at radius 2 is 1.72 bits per heavy atom. The largest absolute Gasteiger partial charge is 0.444 e. The summed E-state index contributed by atoms with van der Waals surface area (Å²) in [6.07, 6.45) is 4.60. The smallest absolute Gasteiger partial charge is 0.410 e. The average Bonchev–Trinajstić information content (AvgIpc) is 3.23. The van der Waals surface area contributed by atoms with Crippen LogP contribution in [0.15, 0.2) is 48.8 Å². The number of nitriles is 1. The van der Waals surface area contributed by atoms with Crippen LogP contribution in [0.1, 0.15) is 39.7 Å². The van der Waals surface area contributed by atoms with Crippen molar-refractivity contribution in [1.29, 1.82) is 5.26 Å². The summed E-state index contributed by atoms with van der Waals surface area (Å²) in [4.78, 5) is 33.5. The van der Waals surface area contributed by atoms with E-state index in [0.717, 1.165) is 74.6 Å². The summed E-state index contributed by atoms with van der Waals surface area (Å²) in [5.41, 5.74) is 3.25. The molecular formula is C33H42N8O2. The predicted molar refractivity (Wildman–Crippen MR) is 170 cm³/mol. The molecule has 6 rings (SSSR count). The Morgan fingerprint density at radius 3 is 2.44 bits per heavy atom. The average molecular weight is 583 g/mol. The molecule has 3 aliphatic rings. The SMILES string of the molecule is C[C@@H]1CN(c2ccc(C#N)c3ncccc23)C[C@@H]2CCN(c3ccc(N4CCN(C(=O)OC(C)(C)C)CC4)nc3)CCN21. The van der Waals surface area contributed by atoms with Gasteiger partial charge in [0.1, 0.15) is 17.5 Å². The molecule has 0 saturated carbocycles. The van der Waals surface area contributed by atoms with E-state index in [1.54, 1.807) is 11.1 Å². The first-order chi connectivity index (χ1) is 20.7. The highest BCUT2D eigenvalue weighted by atomic mass is 16.6. The molecule has 3 saturated heterocycles. The normalized spacial score (nSPS) is 21.7. The van der Waals surface area contributed by atoms with Gasteiger partial charge in [0, 0.05) is 88.3 Å². The maximum absolute atomic E-state index is 12.4. The molecule has 0 bridgehead atoms. The number of amides is 1. The summed E-state index contributed by atoms with van der Waals surface area (Å²) < 4.78 is 5.54. The molecule has 2 atom stereocenters. The molecule has 1 aromatic carbocycles. The first-order valence-corrected chi connectivity index (χ1v) is 15.4. The van der Waals surface area contributed by atoms with Gasteiger partial charge in [0.15, 0.2) is 0 Å². The summed E-state index contributed by atoms with van der Waals surface area (Å²) in [6.45, 7) is 15.6. The number of rotatable bonds is 3. The molecule has 3 fully saturated rings. The second-order valence-corrected chi connectivity index (χ2v) is 12.9. The molecule has 3 aliphatic heterocycles. The number of ether oxygens (including phenoxy) is 1. The van der Waals surface area contributed by atoms with E-state index < -0.39 is 5.60 Å². The van der Waals surface area contributed by atoms with Crippen LogP contribution in [-0.2, 0) is 4.74 Å². The second kappa shape index (κ2) is 11.9. The van der Waals surface area contributed by atoms with E-state index in [1.807, 2.05) is 39.1 Å². The molecule has 0 spiro atoms. The molecule has 10 heteroatoms. The fraction of sp³-hybridized carbons (Fsp3) is 0.515. The van der Waals surface area contributed by atoms with E-state index in [-0.39, 0.29) is 6.09 Å².